The first kappa shape index (κ1) is 25.2. The Morgan fingerprint density at radius 3 is 2.54 bits per heavy atom. The molecule has 0 aromatic heterocycles. The number of rotatable bonds is 9. The van der Waals surface area contributed by atoms with Crippen molar-refractivity contribution in [3.8, 4) is 5.75 Å². The molecule has 3 unspecified atom stereocenters. The van der Waals surface area contributed by atoms with E-state index < -0.39 is 46.4 Å². The molecule has 188 valence electrons. The van der Waals surface area contributed by atoms with E-state index in [-0.39, 0.29) is 34.9 Å². The van der Waals surface area contributed by atoms with Crippen LogP contribution in [0.2, 0.25) is 0 Å². The van der Waals surface area contributed by atoms with Crippen LogP contribution >= 0.6 is 0 Å². The SMILES string of the molecule is CCN(CC)CC=Cc1cc(F)ccc1N(c1ccc2c(c1C(=O)O)OCC1C2C1(F)F)S(=O)O. The van der Waals surface area contributed by atoms with E-state index in [1.54, 1.807) is 12.2 Å². The highest BCUT2D eigenvalue weighted by Gasteiger charge is 2.71. The van der Waals surface area contributed by atoms with Crippen LogP contribution in [0.5, 0.6) is 5.75 Å². The molecule has 11 heteroatoms. The summed E-state index contributed by atoms with van der Waals surface area (Å²) in [7, 11) is 0. The maximum atomic E-state index is 14.1. The highest BCUT2D eigenvalue weighted by Crippen LogP contribution is 2.66. The second-order valence-corrected chi connectivity index (χ2v) is 9.20. The Kier molecular flexibility index (Phi) is 6.94. The van der Waals surface area contributed by atoms with Crippen LogP contribution < -0.4 is 9.04 Å². The predicted octanol–water partition coefficient (Wildman–Crippen LogP) is 4.89. The normalized spacial score (nSPS) is 20.8. The van der Waals surface area contributed by atoms with Crippen LogP contribution in [0, 0.1) is 11.7 Å². The van der Waals surface area contributed by atoms with Crippen LogP contribution in [-0.2, 0) is 11.3 Å². The van der Waals surface area contributed by atoms with Gasteiger partial charge in [0, 0.05) is 17.7 Å². The molecule has 1 aliphatic heterocycles. The molecule has 0 spiro atoms. The molecule has 1 aliphatic carbocycles. The number of halogens is 3. The van der Waals surface area contributed by atoms with Gasteiger partial charge in [0.1, 0.15) is 17.1 Å². The second-order valence-electron chi connectivity index (χ2n) is 8.37. The van der Waals surface area contributed by atoms with Crippen LogP contribution in [0.1, 0.15) is 41.3 Å². The molecule has 1 fully saturated rings. The highest BCUT2D eigenvalue weighted by molar-refractivity contribution is 7.81. The van der Waals surface area contributed by atoms with Gasteiger partial charge in [0.15, 0.2) is 0 Å². The van der Waals surface area contributed by atoms with Crippen molar-refractivity contribution in [3.63, 3.8) is 0 Å². The van der Waals surface area contributed by atoms with Crippen molar-refractivity contribution in [1.82, 2.24) is 4.90 Å². The lowest BCUT2D eigenvalue weighted by Gasteiger charge is -2.26. The van der Waals surface area contributed by atoms with Crippen molar-refractivity contribution >= 4 is 34.7 Å². The zero-order valence-electron chi connectivity index (χ0n) is 19.1. The van der Waals surface area contributed by atoms with E-state index in [0.29, 0.717) is 6.54 Å². The van der Waals surface area contributed by atoms with E-state index in [1.807, 2.05) is 13.8 Å². The van der Waals surface area contributed by atoms with E-state index in [4.69, 9.17) is 4.74 Å². The molecule has 0 bridgehead atoms. The third-order valence-electron chi connectivity index (χ3n) is 6.46. The zero-order chi connectivity index (χ0) is 25.5. The fourth-order valence-corrected chi connectivity index (χ4v) is 5.17. The number of carboxylic acids is 1. The van der Waals surface area contributed by atoms with Crippen molar-refractivity contribution in [3.05, 3.63) is 58.9 Å². The molecule has 4 rings (SSSR count). The van der Waals surface area contributed by atoms with E-state index in [0.717, 1.165) is 23.5 Å². The maximum absolute atomic E-state index is 14.1. The van der Waals surface area contributed by atoms with Gasteiger partial charge in [0.2, 0.25) is 0 Å². The smallest absolute Gasteiger partial charge is 0.341 e. The summed E-state index contributed by atoms with van der Waals surface area (Å²) < 4.78 is 71.2. The second kappa shape index (κ2) is 9.63. The lowest BCUT2D eigenvalue weighted by atomic mass is 9.99. The van der Waals surface area contributed by atoms with Crippen LogP contribution in [0.15, 0.2) is 36.4 Å². The molecule has 35 heavy (non-hydrogen) atoms. The molecule has 2 N–H and O–H groups in total. The quantitative estimate of drug-likeness (QED) is 0.467. The van der Waals surface area contributed by atoms with E-state index in [9.17, 15) is 31.8 Å². The van der Waals surface area contributed by atoms with Crippen LogP contribution in [-0.4, -0.2) is 56.9 Å². The summed E-state index contributed by atoms with van der Waals surface area (Å²) in [4.78, 5) is 14.3. The van der Waals surface area contributed by atoms with Gasteiger partial charge in [0.05, 0.1) is 29.8 Å². The minimum Gasteiger partial charge on any atom is -0.492 e. The summed E-state index contributed by atoms with van der Waals surface area (Å²) in [5.74, 6) is -7.52. The summed E-state index contributed by atoms with van der Waals surface area (Å²) in [6.45, 7) is 5.77. The van der Waals surface area contributed by atoms with Gasteiger partial charge in [-0.2, -0.15) is 0 Å². The first-order chi connectivity index (χ1) is 16.6. The van der Waals surface area contributed by atoms with Crippen LogP contribution in [0.25, 0.3) is 6.08 Å². The number of benzene rings is 2. The number of ether oxygens (including phenoxy) is 1. The lowest BCUT2D eigenvalue weighted by molar-refractivity contribution is 0.0691. The van der Waals surface area contributed by atoms with Gasteiger partial charge in [0.25, 0.3) is 17.2 Å². The molecule has 7 nitrogen and oxygen atoms in total. The number of hydrogen-bond acceptors (Lipinski definition) is 4. The number of nitrogens with zero attached hydrogens (tertiary/aromatic N) is 2. The number of anilines is 2. The minimum absolute atomic E-state index is 0.0505. The molecular formula is C24H25F3N2O5S. The number of likely N-dealkylation sites (N-methyl/N-ethyl adjacent to an activating group) is 1. The van der Waals surface area contributed by atoms with E-state index in [1.165, 1.54) is 24.3 Å². The molecule has 1 saturated carbocycles. The summed E-state index contributed by atoms with van der Waals surface area (Å²) in [5, 5.41) is 9.95. The fraction of sp³-hybridized carbons (Fsp3) is 0.375. The van der Waals surface area contributed by atoms with Crippen molar-refractivity contribution in [2.24, 2.45) is 5.92 Å². The Morgan fingerprint density at radius 1 is 1.23 bits per heavy atom. The monoisotopic (exact) mass is 510 g/mol. The Balaban J connectivity index is 1.82. The van der Waals surface area contributed by atoms with Crippen molar-refractivity contribution in [1.29, 1.82) is 0 Å². The maximum Gasteiger partial charge on any atom is 0.341 e. The Hall–Kier alpha value is -2.89. The van der Waals surface area contributed by atoms with Crippen molar-refractivity contribution < 1.29 is 36.6 Å². The minimum atomic E-state index is -3.00. The molecule has 3 atom stereocenters. The van der Waals surface area contributed by atoms with Gasteiger partial charge >= 0.3 is 5.97 Å². The molecule has 0 radical (unpaired) electrons. The van der Waals surface area contributed by atoms with Crippen LogP contribution in [0.4, 0.5) is 24.5 Å². The number of carboxylic acid groups (broad SMARTS) is 1. The summed E-state index contributed by atoms with van der Waals surface area (Å²) in [6.07, 6.45) is 3.36. The Bertz CT molecular complexity index is 1200. The number of aromatic carboxylic acids is 1. The molecular weight excluding hydrogens is 485 g/mol. The van der Waals surface area contributed by atoms with Gasteiger partial charge in [-0.1, -0.05) is 32.1 Å². The van der Waals surface area contributed by atoms with Gasteiger partial charge in [-0.25, -0.2) is 26.5 Å². The number of hydrogen-bond donors (Lipinski definition) is 2. The highest BCUT2D eigenvalue weighted by atomic mass is 32.2. The number of fused-ring (bicyclic) bond motifs is 3. The molecule has 0 saturated heterocycles. The van der Waals surface area contributed by atoms with Gasteiger partial charge in [-0.15, -0.1) is 0 Å². The first-order valence-electron chi connectivity index (χ1n) is 11.1. The molecule has 2 aromatic rings. The van der Waals surface area contributed by atoms with Gasteiger partial charge in [-0.3, -0.25) is 4.55 Å². The third-order valence-corrected chi connectivity index (χ3v) is 7.17. The fourth-order valence-electron chi connectivity index (χ4n) is 4.51. The third kappa shape index (κ3) is 4.55. The average Bonchev–Trinajstić information content (AvgIpc) is 3.38. The van der Waals surface area contributed by atoms with E-state index >= 15 is 0 Å². The topological polar surface area (TPSA) is 90.3 Å². The molecule has 2 aliphatic rings. The standard InChI is InChI=1S/C24H25F3N2O5S/c1-3-28(4-2)11-5-6-14-12-15(25)7-9-18(14)29(35(32)33)19-10-8-16-21-17(24(21,26)27)13-34-22(16)20(19)23(30)31/h5-10,12,17,21H,3-4,11,13H2,1-2H3,(H,30,31)(H,32,33). The first-order valence-corrected chi connectivity index (χ1v) is 12.2. The molecule has 0 amide bonds. The van der Waals surface area contributed by atoms with E-state index in [2.05, 4.69) is 4.90 Å². The Morgan fingerprint density at radius 2 is 1.91 bits per heavy atom. The van der Waals surface area contributed by atoms with Gasteiger partial charge in [-0.05, 0) is 37.4 Å². The molecule has 1 heterocycles. The Labute approximate surface area is 203 Å². The largest absolute Gasteiger partial charge is 0.492 e. The van der Waals surface area contributed by atoms with Crippen LogP contribution in [0.3, 0.4) is 0 Å². The summed E-state index contributed by atoms with van der Waals surface area (Å²) in [6, 6.07) is 6.02. The number of alkyl halides is 2. The van der Waals surface area contributed by atoms with Gasteiger partial charge < -0.3 is 14.7 Å². The lowest BCUT2D eigenvalue weighted by Crippen LogP contribution is -2.24. The summed E-state index contributed by atoms with van der Waals surface area (Å²) >= 11 is -2.78. The molecule has 2 aromatic carbocycles. The zero-order valence-corrected chi connectivity index (χ0v) is 19.9. The average molecular weight is 511 g/mol. The number of carbonyl (C=O) groups is 1. The van der Waals surface area contributed by atoms with Crippen molar-refractivity contribution in [2.45, 2.75) is 25.7 Å². The predicted molar refractivity (Wildman–Crippen MR) is 126 cm³/mol. The van der Waals surface area contributed by atoms with Crippen molar-refractivity contribution in [2.75, 3.05) is 30.5 Å². The summed E-state index contributed by atoms with van der Waals surface area (Å²) in [5.41, 5.74) is -0.383.